The van der Waals surface area contributed by atoms with Crippen LogP contribution in [0.25, 0.3) is 0 Å². The van der Waals surface area contributed by atoms with Crippen LogP contribution in [0.5, 0.6) is 0 Å². The molecule has 37 heavy (non-hydrogen) atoms. The zero-order valence-electron chi connectivity index (χ0n) is 21.6. The Morgan fingerprint density at radius 1 is 1.00 bits per heavy atom. The van der Waals surface area contributed by atoms with Crippen molar-refractivity contribution in [2.45, 2.75) is 52.1 Å². The monoisotopic (exact) mass is 498 g/mol. The molecule has 0 unspecified atom stereocenters. The number of nitrogens with two attached hydrogens (primary N) is 2. The van der Waals surface area contributed by atoms with Crippen LogP contribution in [0.4, 0.5) is 5.69 Å². The molecule has 5 N–H and O–H groups in total. The third-order valence-electron chi connectivity index (χ3n) is 7.09. The number of aryl methyl sites for hydroxylation is 2. The van der Waals surface area contributed by atoms with Crippen molar-refractivity contribution in [3.05, 3.63) is 99.6 Å². The predicted octanol–water partition coefficient (Wildman–Crippen LogP) is 3.48. The molecule has 7 nitrogen and oxygen atoms in total. The fourth-order valence-corrected chi connectivity index (χ4v) is 5.13. The summed E-state index contributed by atoms with van der Waals surface area (Å²) in [6, 6.07) is 18.7. The normalized spacial score (nSPS) is 15.6. The fraction of sp³-hybridized carbons (Fsp3) is 0.300. The van der Waals surface area contributed by atoms with E-state index in [4.69, 9.17) is 11.5 Å². The minimum Gasteiger partial charge on any atom is -0.366 e. The van der Waals surface area contributed by atoms with Crippen LogP contribution in [0, 0.1) is 13.8 Å². The van der Waals surface area contributed by atoms with Gasteiger partial charge in [0.1, 0.15) is 0 Å². The van der Waals surface area contributed by atoms with Gasteiger partial charge in [-0.1, -0.05) is 42.5 Å². The first-order valence-corrected chi connectivity index (χ1v) is 12.5. The zero-order chi connectivity index (χ0) is 26.7. The third-order valence-corrected chi connectivity index (χ3v) is 7.09. The smallest absolute Gasteiger partial charge is 0.248 e. The maximum Gasteiger partial charge on any atom is 0.248 e. The second-order valence-electron chi connectivity index (χ2n) is 9.84. The highest BCUT2D eigenvalue weighted by molar-refractivity contribution is 5.94. The summed E-state index contributed by atoms with van der Waals surface area (Å²) in [4.78, 5) is 38.9. The van der Waals surface area contributed by atoms with E-state index in [1.165, 1.54) is 5.56 Å². The molecule has 0 saturated heterocycles. The molecule has 0 spiro atoms. The lowest BCUT2D eigenvalue weighted by molar-refractivity contribution is -0.123. The highest BCUT2D eigenvalue weighted by Gasteiger charge is 2.30. The first kappa shape index (κ1) is 26.1. The van der Waals surface area contributed by atoms with Gasteiger partial charge < -0.3 is 21.7 Å². The molecule has 1 heterocycles. The lowest BCUT2D eigenvalue weighted by Gasteiger charge is -2.35. The molecule has 7 heteroatoms. The van der Waals surface area contributed by atoms with E-state index in [9.17, 15) is 14.4 Å². The van der Waals surface area contributed by atoms with E-state index in [-0.39, 0.29) is 17.9 Å². The first-order valence-electron chi connectivity index (χ1n) is 12.5. The van der Waals surface area contributed by atoms with Crippen LogP contribution >= 0.6 is 0 Å². The average molecular weight is 499 g/mol. The van der Waals surface area contributed by atoms with Gasteiger partial charge in [0.25, 0.3) is 0 Å². The van der Waals surface area contributed by atoms with Gasteiger partial charge in [-0.25, -0.2) is 0 Å². The molecule has 0 saturated carbocycles. The molecule has 192 valence electrons. The number of anilines is 1. The number of benzene rings is 3. The maximum absolute atomic E-state index is 13.2. The van der Waals surface area contributed by atoms with E-state index < -0.39 is 11.9 Å². The molecule has 0 bridgehead atoms. The summed E-state index contributed by atoms with van der Waals surface area (Å²) in [5, 5.41) is 3.14. The van der Waals surface area contributed by atoms with Crippen LogP contribution in [0.1, 0.15) is 63.1 Å². The summed E-state index contributed by atoms with van der Waals surface area (Å²) < 4.78 is 0. The fourth-order valence-electron chi connectivity index (χ4n) is 5.13. The number of fused-ring (bicyclic) bond motifs is 1. The van der Waals surface area contributed by atoms with E-state index >= 15 is 0 Å². The standard InChI is InChI=1S/C30H34N4O3/c1-18-13-23(29(32)36)14-19(2)24(18)17-26(31)30(37)33-27-11-12-34(20(3)35)28-10-9-22(16-25(27)28)15-21-7-5-4-6-8-21/h4-10,13-14,16,26-27H,11-12,15,17,31H2,1-3H3,(H2,32,36)(H,33,37)/t26-,27+/m0/s1. The van der Waals surface area contributed by atoms with Crippen LogP contribution in [-0.2, 0) is 22.4 Å². The van der Waals surface area contributed by atoms with Crippen molar-refractivity contribution >= 4 is 23.4 Å². The number of nitrogens with zero attached hydrogens (tertiary/aromatic N) is 1. The van der Waals surface area contributed by atoms with Crippen molar-refractivity contribution < 1.29 is 14.4 Å². The number of carbonyl (C=O) groups excluding carboxylic acids is 3. The molecule has 3 aromatic rings. The summed E-state index contributed by atoms with van der Waals surface area (Å²) in [6.45, 7) is 5.86. The van der Waals surface area contributed by atoms with Gasteiger partial charge in [-0.05, 0) is 84.7 Å². The van der Waals surface area contributed by atoms with Gasteiger partial charge in [0, 0.05) is 24.7 Å². The van der Waals surface area contributed by atoms with E-state index in [0.717, 1.165) is 39.9 Å². The first-order chi connectivity index (χ1) is 17.6. The molecule has 0 aliphatic carbocycles. The van der Waals surface area contributed by atoms with Gasteiger partial charge >= 0.3 is 0 Å². The summed E-state index contributed by atoms with van der Waals surface area (Å²) in [5.74, 6) is -0.760. The molecule has 0 fully saturated rings. The molecule has 4 rings (SSSR count). The number of primary amides is 1. The van der Waals surface area contributed by atoms with Gasteiger partial charge in [-0.3, -0.25) is 14.4 Å². The Labute approximate surface area is 217 Å². The molecule has 3 aromatic carbocycles. The molecule has 3 amide bonds. The summed E-state index contributed by atoms with van der Waals surface area (Å²) >= 11 is 0. The third kappa shape index (κ3) is 5.89. The van der Waals surface area contributed by atoms with Crippen molar-refractivity contribution in [2.75, 3.05) is 11.4 Å². The molecular formula is C30H34N4O3. The molecule has 1 aliphatic rings. The Morgan fingerprint density at radius 2 is 1.68 bits per heavy atom. The largest absolute Gasteiger partial charge is 0.366 e. The number of amides is 3. The number of rotatable bonds is 7. The molecular weight excluding hydrogens is 464 g/mol. The van der Waals surface area contributed by atoms with Gasteiger partial charge in [0.2, 0.25) is 17.7 Å². The second-order valence-corrected chi connectivity index (χ2v) is 9.84. The average Bonchev–Trinajstić information content (AvgIpc) is 2.86. The lowest BCUT2D eigenvalue weighted by Crippen LogP contribution is -2.46. The Kier molecular flexibility index (Phi) is 7.74. The SMILES string of the molecule is CC(=O)N1CC[C@@H](NC(=O)[C@@H](N)Cc2c(C)cc(C(N)=O)cc2C)c2cc(Cc3ccccc3)ccc21. The number of nitrogens with one attached hydrogen (secondary N) is 1. The van der Waals surface area contributed by atoms with Crippen molar-refractivity contribution in [3.8, 4) is 0 Å². The number of hydrogen-bond acceptors (Lipinski definition) is 4. The number of carbonyl (C=O) groups is 3. The van der Waals surface area contributed by atoms with Gasteiger partial charge in [-0.15, -0.1) is 0 Å². The van der Waals surface area contributed by atoms with E-state index in [2.05, 4.69) is 23.5 Å². The van der Waals surface area contributed by atoms with Crippen LogP contribution in [0.3, 0.4) is 0 Å². The highest BCUT2D eigenvalue weighted by Crippen LogP contribution is 2.35. The van der Waals surface area contributed by atoms with Crippen molar-refractivity contribution in [1.29, 1.82) is 0 Å². The Bertz CT molecular complexity index is 1310. The van der Waals surface area contributed by atoms with Crippen LogP contribution in [0.15, 0.2) is 60.7 Å². The maximum atomic E-state index is 13.2. The second kappa shape index (κ2) is 11.0. The quantitative estimate of drug-likeness (QED) is 0.462. The predicted molar refractivity (Wildman–Crippen MR) is 145 cm³/mol. The Hall–Kier alpha value is -3.97. The molecule has 0 aromatic heterocycles. The molecule has 0 radical (unpaired) electrons. The van der Waals surface area contributed by atoms with Crippen LogP contribution in [-0.4, -0.2) is 30.3 Å². The highest BCUT2D eigenvalue weighted by atomic mass is 16.2. The van der Waals surface area contributed by atoms with Crippen LogP contribution < -0.4 is 21.7 Å². The number of hydrogen-bond donors (Lipinski definition) is 3. The van der Waals surface area contributed by atoms with Gasteiger partial charge in [0.05, 0.1) is 12.1 Å². The van der Waals surface area contributed by atoms with Crippen molar-refractivity contribution in [1.82, 2.24) is 5.32 Å². The topological polar surface area (TPSA) is 119 Å². The van der Waals surface area contributed by atoms with E-state index in [1.807, 2.05) is 44.2 Å². The zero-order valence-corrected chi connectivity index (χ0v) is 21.6. The summed E-state index contributed by atoms with van der Waals surface area (Å²) in [7, 11) is 0. The minimum absolute atomic E-state index is 0.0242. The minimum atomic E-state index is -0.765. The molecule has 1 aliphatic heterocycles. The Morgan fingerprint density at radius 3 is 2.30 bits per heavy atom. The summed E-state index contributed by atoms with van der Waals surface area (Å²) in [5.41, 5.74) is 19.0. The van der Waals surface area contributed by atoms with Gasteiger partial charge in [0.15, 0.2) is 0 Å². The van der Waals surface area contributed by atoms with Crippen molar-refractivity contribution in [3.63, 3.8) is 0 Å². The van der Waals surface area contributed by atoms with E-state index in [0.29, 0.717) is 24.9 Å². The van der Waals surface area contributed by atoms with Crippen molar-refractivity contribution in [2.24, 2.45) is 11.5 Å². The van der Waals surface area contributed by atoms with Gasteiger partial charge in [-0.2, -0.15) is 0 Å². The molecule has 2 atom stereocenters. The van der Waals surface area contributed by atoms with Crippen LogP contribution in [0.2, 0.25) is 0 Å². The van der Waals surface area contributed by atoms with E-state index in [1.54, 1.807) is 24.0 Å². The Balaban J connectivity index is 1.55. The summed E-state index contributed by atoms with van der Waals surface area (Å²) in [6.07, 6.45) is 1.70. The lowest BCUT2D eigenvalue weighted by atomic mass is 9.91.